The number of amides is 1. The summed E-state index contributed by atoms with van der Waals surface area (Å²) in [5, 5.41) is 2.99. The van der Waals surface area contributed by atoms with Gasteiger partial charge in [0.25, 0.3) is 5.91 Å². The number of hydrogen-bond acceptors (Lipinski definition) is 1. The second-order valence-corrected chi connectivity index (χ2v) is 3.88. The highest BCUT2D eigenvalue weighted by Gasteiger charge is 2.28. The lowest BCUT2D eigenvalue weighted by Gasteiger charge is -2.12. The van der Waals surface area contributed by atoms with Gasteiger partial charge in [0.1, 0.15) is 0 Å². The van der Waals surface area contributed by atoms with E-state index in [9.17, 15) is 4.79 Å². The molecule has 1 radical (unpaired) electrons. The number of benzene rings is 1. The molecule has 1 N–H and O–H groups in total. The molecule has 0 heterocycles. The first kappa shape index (κ1) is 9.25. The molecule has 1 aromatic carbocycles. The third-order valence-corrected chi connectivity index (χ3v) is 2.64. The van der Waals surface area contributed by atoms with Crippen molar-refractivity contribution in [3.8, 4) is 0 Å². The first-order valence-corrected chi connectivity index (χ1v) is 5.05. The minimum Gasteiger partial charge on any atom is -0.349 e. The maximum absolute atomic E-state index is 11.6. The molecule has 1 unspecified atom stereocenters. The van der Waals surface area contributed by atoms with Crippen molar-refractivity contribution in [3.05, 3.63) is 35.9 Å². The van der Waals surface area contributed by atoms with Crippen molar-refractivity contribution in [2.24, 2.45) is 5.92 Å². The Morgan fingerprint density at radius 2 is 2.36 bits per heavy atom. The van der Waals surface area contributed by atoms with Gasteiger partial charge in [0.15, 0.2) is 0 Å². The van der Waals surface area contributed by atoms with E-state index in [0.717, 1.165) is 0 Å². The van der Waals surface area contributed by atoms with Crippen LogP contribution in [-0.2, 0) is 0 Å². The van der Waals surface area contributed by atoms with Crippen molar-refractivity contribution < 1.29 is 4.79 Å². The monoisotopic (exact) mass is 188 g/mol. The molecule has 1 amide bonds. The quantitative estimate of drug-likeness (QED) is 0.772. The summed E-state index contributed by atoms with van der Waals surface area (Å²) in [5.74, 6) is 0.688. The van der Waals surface area contributed by atoms with E-state index < -0.39 is 0 Å². The van der Waals surface area contributed by atoms with Gasteiger partial charge in [0.2, 0.25) is 0 Å². The Balaban J connectivity index is 1.95. The van der Waals surface area contributed by atoms with Crippen LogP contribution < -0.4 is 5.32 Å². The van der Waals surface area contributed by atoms with Crippen LogP contribution in [0, 0.1) is 12.0 Å². The lowest BCUT2D eigenvalue weighted by molar-refractivity contribution is 0.0935. The van der Waals surface area contributed by atoms with Crippen LogP contribution in [0.4, 0.5) is 0 Å². The second-order valence-electron chi connectivity index (χ2n) is 3.88. The van der Waals surface area contributed by atoms with Gasteiger partial charge >= 0.3 is 0 Å². The van der Waals surface area contributed by atoms with Crippen molar-refractivity contribution in [3.63, 3.8) is 0 Å². The molecule has 0 spiro atoms. The first-order valence-electron chi connectivity index (χ1n) is 5.05. The van der Waals surface area contributed by atoms with Gasteiger partial charge < -0.3 is 5.32 Å². The fraction of sp³-hybridized carbons (Fsp3) is 0.417. The summed E-state index contributed by atoms with van der Waals surface area (Å²) < 4.78 is 0. The number of hydrogen-bond donors (Lipinski definition) is 1. The van der Waals surface area contributed by atoms with Gasteiger partial charge in [-0.2, -0.15) is 0 Å². The van der Waals surface area contributed by atoms with Crippen molar-refractivity contribution in [2.45, 2.75) is 25.8 Å². The summed E-state index contributed by atoms with van der Waals surface area (Å²) in [6, 6.07) is 10.5. The third-order valence-electron chi connectivity index (χ3n) is 2.64. The van der Waals surface area contributed by atoms with Crippen LogP contribution in [0.15, 0.2) is 24.3 Å². The van der Waals surface area contributed by atoms with Crippen LogP contribution in [0.3, 0.4) is 0 Å². The Kier molecular flexibility index (Phi) is 2.53. The fourth-order valence-electron chi connectivity index (χ4n) is 1.53. The Bertz CT molecular complexity index is 316. The van der Waals surface area contributed by atoms with Crippen LogP contribution in [0.5, 0.6) is 0 Å². The Morgan fingerprint density at radius 1 is 1.57 bits per heavy atom. The van der Waals surface area contributed by atoms with E-state index >= 15 is 0 Å². The zero-order valence-electron chi connectivity index (χ0n) is 8.29. The number of rotatable bonds is 3. The van der Waals surface area contributed by atoms with Gasteiger partial charge in [0.05, 0.1) is 0 Å². The summed E-state index contributed by atoms with van der Waals surface area (Å²) >= 11 is 0. The Hall–Kier alpha value is -1.31. The molecule has 1 aliphatic carbocycles. The molecule has 1 atom stereocenters. The minimum absolute atomic E-state index is 0.00926. The standard InChI is InChI=1S/C12H14NO/c1-9(10-7-8-10)13-12(14)11-5-3-2-4-6-11/h2-5,9-10H,7-8H2,1H3,(H,13,14). The summed E-state index contributed by atoms with van der Waals surface area (Å²) in [5.41, 5.74) is 0.625. The maximum atomic E-state index is 11.6. The van der Waals surface area contributed by atoms with E-state index in [0.29, 0.717) is 17.5 Å². The van der Waals surface area contributed by atoms with Crippen molar-refractivity contribution >= 4 is 5.91 Å². The van der Waals surface area contributed by atoms with E-state index in [1.54, 1.807) is 12.1 Å². The molecule has 2 nitrogen and oxygen atoms in total. The predicted octanol–water partition coefficient (Wildman–Crippen LogP) is 2.02. The van der Waals surface area contributed by atoms with Crippen molar-refractivity contribution in [1.29, 1.82) is 0 Å². The summed E-state index contributed by atoms with van der Waals surface area (Å²) in [7, 11) is 0. The maximum Gasteiger partial charge on any atom is 0.252 e. The number of nitrogens with one attached hydrogen (secondary N) is 1. The fourth-order valence-corrected chi connectivity index (χ4v) is 1.53. The van der Waals surface area contributed by atoms with Gasteiger partial charge in [-0.25, -0.2) is 0 Å². The molecule has 0 saturated heterocycles. The number of carbonyl (C=O) groups is 1. The van der Waals surface area contributed by atoms with Crippen molar-refractivity contribution in [1.82, 2.24) is 5.32 Å². The Morgan fingerprint density at radius 3 is 2.93 bits per heavy atom. The van der Waals surface area contributed by atoms with Gasteiger partial charge in [-0.15, -0.1) is 0 Å². The molecule has 1 aliphatic rings. The van der Waals surface area contributed by atoms with Crippen molar-refractivity contribution in [2.75, 3.05) is 0 Å². The van der Waals surface area contributed by atoms with E-state index in [1.165, 1.54) is 12.8 Å². The molecule has 1 aromatic rings. The molecular weight excluding hydrogens is 174 g/mol. The normalized spacial score (nSPS) is 17.5. The molecule has 73 valence electrons. The highest BCUT2D eigenvalue weighted by atomic mass is 16.1. The van der Waals surface area contributed by atoms with E-state index in [4.69, 9.17) is 0 Å². The van der Waals surface area contributed by atoms with E-state index in [1.807, 2.05) is 12.1 Å². The molecule has 2 heteroatoms. The minimum atomic E-state index is -0.00926. The van der Waals surface area contributed by atoms with E-state index in [-0.39, 0.29) is 5.91 Å². The van der Waals surface area contributed by atoms with Gasteiger partial charge in [-0.3, -0.25) is 4.79 Å². The van der Waals surface area contributed by atoms with Crippen LogP contribution in [-0.4, -0.2) is 11.9 Å². The molecule has 0 bridgehead atoms. The first-order chi connectivity index (χ1) is 6.77. The highest BCUT2D eigenvalue weighted by molar-refractivity contribution is 5.94. The highest BCUT2D eigenvalue weighted by Crippen LogP contribution is 2.32. The molecule has 1 fully saturated rings. The summed E-state index contributed by atoms with van der Waals surface area (Å²) in [6.07, 6.45) is 2.50. The Labute approximate surface area is 84.3 Å². The lowest BCUT2D eigenvalue weighted by atomic mass is 10.1. The molecule has 0 aliphatic heterocycles. The zero-order valence-corrected chi connectivity index (χ0v) is 8.29. The number of carbonyl (C=O) groups excluding carboxylic acids is 1. The van der Waals surface area contributed by atoms with Crippen LogP contribution in [0.25, 0.3) is 0 Å². The van der Waals surface area contributed by atoms with Crippen LogP contribution in [0.1, 0.15) is 30.1 Å². The molecule has 0 aromatic heterocycles. The van der Waals surface area contributed by atoms with Crippen LogP contribution >= 0.6 is 0 Å². The molecule has 2 rings (SSSR count). The third kappa shape index (κ3) is 2.13. The lowest BCUT2D eigenvalue weighted by Crippen LogP contribution is -2.33. The predicted molar refractivity (Wildman–Crippen MR) is 54.9 cm³/mol. The topological polar surface area (TPSA) is 29.1 Å². The zero-order chi connectivity index (χ0) is 9.97. The van der Waals surface area contributed by atoms with Gasteiger partial charge in [-0.1, -0.05) is 18.2 Å². The smallest absolute Gasteiger partial charge is 0.252 e. The average Bonchev–Trinajstić information content (AvgIpc) is 3.02. The van der Waals surface area contributed by atoms with E-state index in [2.05, 4.69) is 18.3 Å². The summed E-state index contributed by atoms with van der Waals surface area (Å²) in [4.78, 5) is 11.6. The SMILES string of the molecule is CC(NC(=O)c1[c]cccc1)C1CC1. The molecular formula is C12H14NO. The van der Waals surface area contributed by atoms with Gasteiger partial charge in [0, 0.05) is 11.6 Å². The average molecular weight is 188 g/mol. The van der Waals surface area contributed by atoms with Gasteiger partial charge in [-0.05, 0) is 37.8 Å². The second kappa shape index (κ2) is 3.82. The summed E-state index contributed by atoms with van der Waals surface area (Å²) in [6.45, 7) is 2.07. The molecule has 14 heavy (non-hydrogen) atoms. The largest absolute Gasteiger partial charge is 0.349 e. The van der Waals surface area contributed by atoms with Crippen LogP contribution in [0.2, 0.25) is 0 Å². The molecule has 1 saturated carbocycles.